The van der Waals surface area contributed by atoms with E-state index < -0.39 is 23.3 Å². The molecule has 0 fully saturated rings. The molecule has 4 N–H and O–H groups in total. The fourth-order valence-electron chi connectivity index (χ4n) is 3.28. The molecule has 1 atom stereocenters. The van der Waals surface area contributed by atoms with Gasteiger partial charge in [0.15, 0.2) is 0 Å². The first kappa shape index (κ1) is 19.2. The zero-order chi connectivity index (χ0) is 21.1. The summed E-state index contributed by atoms with van der Waals surface area (Å²) >= 11 is 0. The molecule has 0 spiro atoms. The summed E-state index contributed by atoms with van der Waals surface area (Å²) in [6.07, 6.45) is -0.143. The molecular weight excluding hydrogens is 386 g/mol. The van der Waals surface area contributed by atoms with E-state index >= 15 is 0 Å². The lowest BCUT2D eigenvalue weighted by Crippen LogP contribution is -2.36. The molecule has 152 valence electrons. The van der Waals surface area contributed by atoms with Gasteiger partial charge in [0, 0.05) is 12.1 Å². The first-order valence-electron chi connectivity index (χ1n) is 9.25. The number of nitrogens with zero attached hydrogens (tertiary/aromatic N) is 1. The maximum Gasteiger partial charge on any atom is 0.258 e. The molecule has 1 aliphatic heterocycles. The summed E-state index contributed by atoms with van der Waals surface area (Å²) in [4.78, 5) is 44.7. The van der Waals surface area contributed by atoms with Crippen LogP contribution in [0.1, 0.15) is 17.9 Å². The van der Waals surface area contributed by atoms with Crippen LogP contribution in [0.4, 0.5) is 23.1 Å². The highest BCUT2D eigenvalue weighted by atomic mass is 16.5. The maximum absolute atomic E-state index is 12.8. The van der Waals surface area contributed by atoms with E-state index in [1.165, 1.54) is 7.11 Å². The van der Waals surface area contributed by atoms with E-state index in [0.29, 0.717) is 17.1 Å². The summed E-state index contributed by atoms with van der Waals surface area (Å²) in [5, 5.41) is 8.29. The lowest BCUT2D eigenvalue weighted by atomic mass is 9.92. The van der Waals surface area contributed by atoms with Gasteiger partial charge in [0.05, 0.1) is 24.3 Å². The van der Waals surface area contributed by atoms with E-state index in [0.717, 1.165) is 0 Å². The zero-order valence-electron chi connectivity index (χ0n) is 16.1. The maximum atomic E-state index is 12.8. The number of hydrogen-bond acceptors (Lipinski definition) is 6. The Labute approximate surface area is 171 Å². The first-order chi connectivity index (χ1) is 14.5. The van der Waals surface area contributed by atoms with Crippen molar-refractivity contribution in [3.05, 3.63) is 70.5 Å². The number of ether oxygens (including phenoxy) is 1. The second-order valence-electron chi connectivity index (χ2n) is 6.66. The van der Waals surface area contributed by atoms with Crippen LogP contribution < -0.4 is 26.2 Å². The molecule has 0 aliphatic carbocycles. The quantitative estimate of drug-likeness (QED) is 0.517. The van der Waals surface area contributed by atoms with Crippen molar-refractivity contribution in [1.82, 2.24) is 9.97 Å². The fourth-order valence-corrected chi connectivity index (χ4v) is 3.28. The van der Waals surface area contributed by atoms with E-state index in [4.69, 9.17) is 4.74 Å². The van der Waals surface area contributed by atoms with Crippen LogP contribution >= 0.6 is 0 Å². The monoisotopic (exact) mass is 405 g/mol. The van der Waals surface area contributed by atoms with Crippen LogP contribution in [0.25, 0.3) is 0 Å². The Bertz CT molecular complexity index is 1160. The number of hydrogen-bond donors (Lipinski definition) is 4. The number of nitrogens with one attached hydrogen (secondary N) is 4. The molecule has 4 rings (SSSR count). The molecule has 2 amide bonds. The largest absolute Gasteiger partial charge is 0.495 e. The van der Waals surface area contributed by atoms with Gasteiger partial charge in [-0.25, -0.2) is 0 Å². The van der Waals surface area contributed by atoms with Gasteiger partial charge < -0.3 is 20.7 Å². The molecule has 9 heteroatoms. The van der Waals surface area contributed by atoms with E-state index in [1.54, 1.807) is 42.5 Å². The number of fused-ring (bicyclic) bond motifs is 1. The molecule has 0 saturated heterocycles. The van der Waals surface area contributed by atoms with Crippen LogP contribution in [-0.2, 0) is 9.59 Å². The minimum atomic E-state index is -0.953. The average Bonchev–Trinajstić information content (AvgIpc) is 2.74. The molecule has 0 saturated carbocycles. The lowest BCUT2D eigenvalue weighted by molar-refractivity contribution is -0.123. The van der Waals surface area contributed by atoms with Crippen LogP contribution in [-0.4, -0.2) is 28.9 Å². The predicted octanol–water partition coefficient (Wildman–Crippen LogP) is 2.59. The van der Waals surface area contributed by atoms with Crippen molar-refractivity contribution in [2.24, 2.45) is 0 Å². The van der Waals surface area contributed by atoms with E-state index in [2.05, 4.69) is 25.9 Å². The van der Waals surface area contributed by atoms with Gasteiger partial charge in [0.1, 0.15) is 11.6 Å². The third-order valence-electron chi connectivity index (χ3n) is 4.67. The van der Waals surface area contributed by atoms with Crippen LogP contribution in [0.2, 0.25) is 0 Å². The topological polar surface area (TPSA) is 125 Å². The molecule has 1 unspecified atom stereocenters. The molecule has 30 heavy (non-hydrogen) atoms. The summed E-state index contributed by atoms with van der Waals surface area (Å²) in [6.45, 7) is 0. The van der Waals surface area contributed by atoms with Crippen molar-refractivity contribution < 1.29 is 14.3 Å². The third-order valence-corrected chi connectivity index (χ3v) is 4.67. The Morgan fingerprint density at radius 3 is 2.60 bits per heavy atom. The number of carbonyl (C=O) groups excluding carboxylic acids is 2. The molecule has 2 heterocycles. The molecule has 0 radical (unpaired) electrons. The Morgan fingerprint density at radius 2 is 1.83 bits per heavy atom. The predicted molar refractivity (Wildman–Crippen MR) is 112 cm³/mol. The van der Waals surface area contributed by atoms with E-state index in [1.807, 2.05) is 12.1 Å². The highest BCUT2D eigenvalue weighted by molar-refractivity contribution is 6.04. The normalized spacial score (nSPS) is 15.0. The number of carbonyl (C=O) groups is 2. The van der Waals surface area contributed by atoms with Gasteiger partial charge in [-0.05, 0) is 24.3 Å². The van der Waals surface area contributed by atoms with Gasteiger partial charge in [0.2, 0.25) is 17.8 Å². The van der Waals surface area contributed by atoms with Crippen molar-refractivity contribution in [2.45, 2.75) is 12.3 Å². The highest BCUT2D eigenvalue weighted by Gasteiger charge is 2.34. The Morgan fingerprint density at radius 1 is 1.10 bits per heavy atom. The number of rotatable bonds is 5. The Kier molecular flexibility index (Phi) is 5.17. The summed E-state index contributed by atoms with van der Waals surface area (Å²) in [6, 6.07) is 16.0. The summed E-state index contributed by atoms with van der Waals surface area (Å²) in [5.74, 6) is -1.06. The van der Waals surface area contributed by atoms with Crippen LogP contribution in [0.15, 0.2) is 59.4 Å². The first-order valence-corrected chi connectivity index (χ1v) is 9.25. The second-order valence-corrected chi connectivity index (χ2v) is 6.66. The van der Waals surface area contributed by atoms with Gasteiger partial charge in [0.25, 0.3) is 5.56 Å². The van der Waals surface area contributed by atoms with Gasteiger partial charge in [-0.1, -0.05) is 30.3 Å². The van der Waals surface area contributed by atoms with Crippen molar-refractivity contribution in [3.63, 3.8) is 0 Å². The van der Waals surface area contributed by atoms with E-state index in [-0.39, 0.29) is 23.8 Å². The minimum Gasteiger partial charge on any atom is -0.495 e. The molecule has 2 aromatic carbocycles. The standard InChI is InChI=1S/C21H19N5O4/c1-30-15-10-6-5-9-14(15)23-21-25-18-17(20(29)26-21)13(11-16(27)24-18)19(28)22-12-7-3-2-4-8-12/h2-10,13H,11H2,1H3,(H,22,28)(H3,23,24,25,26,27,29). The Balaban J connectivity index is 1.66. The number of para-hydroxylation sites is 3. The van der Waals surface area contributed by atoms with Gasteiger partial charge >= 0.3 is 0 Å². The second kappa shape index (κ2) is 8.08. The lowest BCUT2D eigenvalue weighted by Gasteiger charge is -2.23. The van der Waals surface area contributed by atoms with Crippen LogP contribution in [0.3, 0.4) is 0 Å². The number of anilines is 4. The smallest absolute Gasteiger partial charge is 0.258 e. The molecule has 3 aromatic rings. The summed E-state index contributed by atoms with van der Waals surface area (Å²) in [5.41, 5.74) is 0.775. The summed E-state index contributed by atoms with van der Waals surface area (Å²) in [7, 11) is 1.53. The number of benzene rings is 2. The fraction of sp³-hybridized carbons (Fsp3) is 0.143. The third kappa shape index (κ3) is 3.86. The van der Waals surface area contributed by atoms with Crippen molar-refractivity contribution in [1.29, 1.82) is 0 Å². The van der Waals surface area contributed by atoms with Gasteiger partial charge in [-0.2, -0.15) is 4.98 Å². The molecular formula is C21H19N5O4. The SMILES string of the molecule is COc1ccccc1Nc1nc2c(c(=O)[nH]1)C(C(=O)Nc1ccccc1)CC(=O)N2. The number of methoxy groups -OCH3 is 1. The number of aromatic nitrogens is 2. The Hall–Kier alpha value is -4.14. The van der Waals surface area contributed by atoms with Crippen molar-refractivity contribution in [3.8, 4) is 5.75 Å². The molecule has 9 nitrogen and oxygen atoms in total. The van der Waals surface area contributed by atoms with E-state index in [9.17, 15) is 14.4 Å². The number of aromatic amines is 1. The zero-order valence-corrected chi connectivity index (χ0v) is 16.1. The average molecular weight is 405 g/mol. The van der Waals surface area contributed by atoms with Crippen LogP contribution in [0, 0.1) is 0 Å². The number of amides is 2. The molecule has 1 aromatic heterocycles. The van der Waals surface area contributed by atoms with Gasteiger partial charge in [-0.3, -0.25) is 19.4 Å². The highest BCUT2D eigenvalue weighted by Crippen LogP contribution is 2.31. The van der Waals surface area contributed by atoms with Gasteiger partial charge in [-0.15, -0.1) is 0 Å². The molecule has 1 aliphatic rings. The number of H-pyrrole nitrogens is 1. The minimum absolute atomic E-state index is 0.0561. The van der Waals surface area contributed by atoms with Crippen molar-refractivity contribution >= 4 is 35.0 Å². The van der Waals surface area contributed by atoms with Crippen molar-refractivity contribution in [2.75, 3.05) is 23.1 Å². The van der Waals surface area contributed by atoms with Crippen LogP contribution in [0.5, 0.6) is 5.75 Å². The molecule has 0 bridgehead atoms. The summed E-state index contributed by atoms with van der Waals surface area (Å²) < 4.78 is 5.28.